The van der Waals surface area contributed by atoms with Crippen molar-refractivity contribution in [1.82, 2.24) is 14.9 Å². The minimum atomic E-state index is 0.761. The average Bonchev–Trinajstić information content (AvgIpc) is 3.32. The first kappa shape index (κ1) is 18.4. The Kier molecular flexibility index (Phi) is 5.90. The molecule has 4 heteroatoms. The zero-order valence-corrected chi connectivity index (χ0v) is 17.3. The van der Waals surface area contributed by atoms with Gasteiger partial charge in [-0.3, -0.25) is 4.90 Å². The van der Waals surface area contributed by atoms with Gasteiger partial charge >= 0.3 is 0 Å². The fourth-order valence-corrected chi connectivity index (χ4v) is 6.23. The molecule has 0 N–H and O–H groups in total. The first-order valence-corrected chi connectivity index (χ1v) is 11.6. The molecule has 0 radical (unpaired) electrons. The third-order valence-corrected chi connectivity index (χ3v) is 7.51. The van der Waals surface area contributed by atoms with Gasteiger partial charge in [0.15, 0.2) is 0 Å². The van der Waals surface area contributed by atoms with E-state index in [1.165, 1.54) is 86.7 Å². The van der Waals surface area contributed by atoms with Gasteiger partial charge < -0.3 is 0 Å². The van der Waals surface area contributed by atoms with Crippen molar-refractivity contribution in [3.63, 3.8) is 0 Å². The van der Waals surface area contributed by atoms with Crippen LogP contribution in [0.2, 0.25) is 0 Å². The number of fused-ring (bicyclic) bond motifs is 1. The molecule has 2 aliphatic carbocycles. The predicted octanol–water partition coefficient (Wildman–Crippen LogP) is 6.20. The molecule has 0 saturated heterocycles. The molecule has 0 atom stereocenters. The van der Waals surface area contributed by atoms with E-state index in [1.54, 1.807) is 4.88 Å². The van der Waals surface area contributed by atoms with Crippen molar-refractivity contribution < 1.29 is 0 Å². The van der Waals surface area contributed by atoms with Gasteiger partial charge in [0.05, 0.1) is 5.69 Å². The largest absolute Gasteiger partial charge is 0.295 e. The third-order valence-electron chi connectivity index (χ3n) is 6.31. The van der Waals surface area contributed by atoms with Crippen LogP contribution < -0.4 is 0 Å². The van der Waals surface area contributed by atoms with Gasteiger partial charge in [0.25, 0.3) is 0 Å². The van der Waals surface area contributed by atoms with E-state index < -0.39 is 0 Å². The second-order valence-corrected chi connectivity index (χ2v) is 9.39. The average molecular weight is 372 g/mol. The SMILES string of the molecule is CCCN(Cc1nc(C)nc2sc(C3CCCCC3)cc12)C1CCCC1. The summed E-state index contributed by atoms with van der Waals surface area (Å²) in [5, 5.41) is 1.33. The summed E-state index contributed by atoms with van der Waals surface area (Å²) in [6, 6.07) is 3.21. The van der Waals surface area contributed by atoms with E-state index in [-0.39, 0.29) is 0 Å². The van der Waals surface area contributed by atoms with Crippen LogP contribution in [0.25, 0.3) is 10.2 Å². The van der Waals surface area contributed by atoms with E-state index in [1.807, 2.05) is 11.3 Å². The molecular formula is C22H33N3S. The molecule has 0 amide bonds. The normalized spacial score (nSPS) is 19.8. The summed E-state index contributed by atoms with van der Waals surface area (Å²) < 4.78 is 0. The lowest BCUT2D eigenvalue weighted by Gasteiger charge is -2.28. The Morgan fingerprint density at radius 2 is 1.77 bits per heavy atom. The van der Waals surface area contributed by atoms with E-state index in [2.05, 4.69) is 24.8 Å². The smallest absolute Gasteiger partial charge is 0.127 e. The summed E-state index contributed by atoms with van der Waals surface area (Å²) in [6.07, 6.45) is 13.7. The number of nitrogens with zero attached hydrogens (tertiary/aromatic N) is 3. The lowest BCUT2D eigenvalue weighted by Crippen LogP contribution is -2.33. The summed E-state index contributed by atoms with van der Waals surface area (Å²) in [6.45, 7) is 6.55. The molecule has 2 fully saturated rings. The maximum atomic E-state index is 4.91. The monoisotopic (exact) mass is 371 g/mol. The van der Waals surface area contributed by atoms with Gasteiger partial charge in [-0.1, -0.05) is 39.0 Å². The van der Waals surface area contributed by atoms with Crippen LogP contribution in [0, 0.1) is 6.92 Å². The van der Waals surface area contributed by atoms with Gasteiger partial charge in [-0.2, -0.15) is 0 Å². The van der Waals surface area contributed by atoms with Crippen LogP contribution in [0.3, 0.4) is 0 Å². The summed E-state index contributed by atoms with van der Waals surface area (Å²) >= 11 is 1.94. The fraction of sp³-hybridized carbons (Fsp3) is 0.727. The zero-order chi connectivity index (χ0) is 17.9. The van der Waals surface area contributed by atoms with Gasteiger partial charge in [-0.25, -0.2) is 9.97 Å². The topological polar surface area (TPSA) is 29.0 Å². The number of aromatic nitrogens is 2. The molecule has 4 rings (SSSR count). The molecule has 2 saturated carbocycles. The van der Waals surface area contributed by atoms with E-state index in [4.69, 9.17) is 9.97 Å². The molecule has 0 bridgehead atoms. The molecule has 0 spiro atoms. The highest BCUT2D eigenvalue weighted by Crippen LogP contribution is 2.39. The number of rotatable bonds is 6. The standard InChI is InChI=1S/C22H33N3S/c1-3-13-25(18-11-7-8-12-18)15-20-19-14-21(17-9-5-4-6-10-17)26-22(19)24-16(2)23-20/h14,17-18H,3-13,15H2,1-2H3. The second-order valence-electron chi connectivity index (χ2n) is 8.33. The molecule has 0 unspecified atom stereocenters. The van der Waals surface area contributed by atoms with Crippen molar-refractivity contribution in [1.29, 1.82) is 0 Å². The Hall–Kier alpha value is -1.00. The molecule has 3 nitrogen and oxygen atoms in total. The van der Waals surface area contributed by atoms with Crippen molar-refractivity contribution in [3.8, 4) is 0 Å². The van der Waals surface area contributed by atoms with Crippen molar-refractivity contribution in [2.45, 2.75) is 96.6 Å². The van der Waals surface area contributed by atoms with Crippen LogP contribution >= 0.6 is 11.3 Å². The fourth-order valence-electron chi connectivity index (χ4n) is 4.97. The maximum absolute atomic E-state index is 4.91. The Labute approximate surface area is 162 Å². The Bertz CT molecular complexity index is 726. The number of thiophene rings is 1. The predicted molar refractivity (Wildman–Crippen MR) is 111 cm³/mol. The summed E-state index contributed by atoms with van der Waals surface area (Å²) in [5.41, 5.74) is 1.27. The van der Waals surface area contributed by atoms with Gasteiger partial charge in [-0.15, -0.1) is 11.3 Å². The van der Waals surface area contributed by atoms with E-state index in [0.29, 0.717) is 0 Å². The highest BCUT2D eigenvalue weighted by molar-refractivity contribution is 7.18. The van der Waals surface area contributed by atoms with Gasteiger partial charge in [0, 0.05) is 22.8 Å². The molecule has 26 heavy (non-hydrogen) atoms. The zero-order valence-electron chi connectivity index (χ0n) is 16.5. The Morgan fingerprint density at radius 3 is 2.50 bits per heavy atom. The van der Waals surface area contributed by atoms with Gasteiger partial charge in [0.1, 0.15) is 10.7 Å². The lowest BCUT2D eigenvalue weighted by molar-refractivity contribution is 0.188. The molecule has 0 aromatic carbocycles. The van der Waals surface area contributed by atoms with Crippen molar-refractivity contribution in [2.75, 3.05) is 6.54 Å². The third kappa shape index (κ3) is 3.96. The van der Waals surface area contributed by atoms with E-state index >= 15 is 0 Å². The van der Waals surface area contributed by atoms with E-state index in [9.17, 15) is 0 Å². The second kappa shape index (κ2) is 8.35. The number of hydrogen-bond donors (Lipinski definition) is 0. The molecule has 2 aromatic rings. The summed E-state index contributed by atoms with van der Waals surface area (Å²) in [7, 11) is 0. The number of hydrogen-bond acceptors (Lipinski definition) is 4. The van der Waals surface area contributed by atoms with E-state index in [0.717, 1.165) is 24.3 Å². The minimum absolute atomic E-state index is 0.761. The van der Waals surface area contributed by atoms with Crippen molar-refractivity contribution in [3.05, 3.63) is 22.5 Å². The van der Waals surface area contributed by atoms with Gasteiger partial charge in [0.2, 0.25) is 0 Å². The van der Waals surface area contributed by atoms with Crippen LogP contribution in [0.4, 0.5) is 0 Å². The van der Waals surface area contributed by atoms with Crippen molar-refractivity contribution >= 4 is 21.6 Å². The van der Waals surface area contributed by atoms with Crippen LogP contribution in [0.15, 0.2) is 6.07 Å². The summed E-state index contributed by atoms with van der Waals surface area (Å²) in [5.74, 6) is 1.70. The molecule has 2 aliphatic rings. The summed E-state index contributed by atoms with van der Waals surface area (Å²) in [4.78, 5) is 15.2. The molecule has 2 aromatic heterocycles. The molecule has 142 valence electrons. The van der Waals surface area contributed by atoms with Gasteiger partial charge in [-0.05, 0) is 57.6 Å². The number of aryl methyl sites for hydroxylation is 1. The van der Waals surface area contributed by atoms with Crippen LogP contribution in [-0.2, 0) is 6.54 Å². The minimum Gasteiger partial charge on any atom is -0.295 e. The van der Waals surface area contributed by atoms with Crippen LogP contribution in [0.5, 0.6) is 0 Å². The lowest BCUT2D eigenvalue weighted by atomic mass is 9.88. The Balaban J connectivity index is 1.63. The van der Waals surface area contributed by atoms with Crippen LogP contribution in [0.1, 0.15) is 93.4 Å². The first-order valence-electron chi connectivity index (χ1n) is 10.8. The van der Waals surface area contributed by atoms with Crippen LogP contribution in [-0.4, -0.2) is 27.5 Å². The molecule has 0 aliphatic heterocycles. The molecular weight excluding hydrogens is 338 g/mol. The highest BCUT2D eigenvalue weighted by Gasteiger charge is 2.24. The quantitative estimate of drug-likeness (QED) is 0.605. The maximum Gasteiger partial charge on any atom is 0.127 e. The Morgan fingerprint density at radius 1 is 1.04 bits per heavy atom. The van der Waals surface area contributed by atoms with Crippen molar-refractivity contribution in [2.24, 2.45) is 0 Å². The highest BCUT2D eigenvalue weighted by atomic mass is 32.1. The first-order chi connectivity index (χ1) is 12.7. The molecule has 2 heterocycles.